The molecule has 0 bridgehead atoms. The SMILES string of the molecule is CO[C@H]1CNCC1NC(=O)c1ocnc1C. The molecule has 16 heavy (non-hydrogen) atoms. The van der Waals surface area contributed by atoms with Gasteiger partial charge in [0.1, 0.15) is 0 Å². The second-order valence-electron chi connectivity index (χ2n) is 3.78. The van der Waals surface area contributed by atoms with Gasteiger partial charge in [-0.3, -0.25) is 4.79 Å². The number of nitrogens with one attached hydrogen (secondary N) is 2. The standard InChI is InChI=1S/C10H15N3O3/c1-6-9(16-5-12-6)10(14)13-7-3-11-4-8(7)15-2/h5,7-8,11H,3-4H2,1-2H3,(H,13,14)/t7?,8-/m0/s1. The first-order chi connectivity index (χ1) is 7.72. The molecule has 0 saturated carbocycles. The molecule has 1 unspecified atom stereocenters. The molecule has 2 heterocycles. The monoisotopic (exact) mass is 225 g/mol. The van der Waals surface area contributed by atoms with E-state index in [9.17, 15) is 4.79 Å². The van der Waals surface area contributed by atoms with Gasteiger partial charge in [-0.05, 0) is 6.92 Å². The van der Waals surface area contributed by atoms with Crippen molar-refractivity contribution in [1.82, 2.24) is 15.6 Å². The summed E-state index contributed by atoms with van der Waals surface area (Å²) >= 11 is 0. The van der Waals surface area contributed by atoms with Gasteiger partial charge in [-0.15, -0.1) is 0 Å². The molecule has 1 amide bonds. The molecule has 0 spiro atoms. The van der Waals surface area contributed by atoms with Crippen LogP contribution in [0.1, 0.15) is 16.2 Å². The highest BCUT2D eigenvalue weighted by molar-refractivity contribution is 5.92. The van der Waals surface area contributed by atoms with Crippen LogP contribution in [0.15, 0.2) is 10.8 Å². The molecule has 1 aromatic heterocycles. The average molecular weight is 225 g/mol. The van der Waals surface area contributed by atoms with E-state index in [0.29, 0.717) is 12.2 Å². The highest BCUT2D eigenvalue weighted by Gasteiger charge is 2.29. The number of aryl methyl sites for hydroxylation is 1. The highest BCUT2D eigenvalue weighted by Crippen LogP contribution is 2.08. The zero-order chi connectivity index (χ0) is 11.5. The van der Waals surface area contributed by atoms with E-state index < -0.39 is 0 Å². The lowest BCUT2D eigenvalue weighted by Gasteiger charge is -2.17. The second-order valence-corrected chi connectivity index (χ2v) is 3.78. The molecule has 0 aliphatic carbocycles. The van der Waals surface area contributed by atoms with Crippen LogP contribution in [0.2, 0.25) is 0 Å². The summed E-state index contributed by atoms with van der Waals surface area (Å²) in [5.74, 6) is 0.0208. The lowest BCUT2D eigenvalue weighted by molar-refractivity contribution is 0.0759. The van der Waals surface area contributed by atoms with Crippen molar-refractivity contribution in [2.75, 3.05) is 20.2 Å². The summed E-state index contributed by atoms with van der Waals surface area (Å²) in [6.45, 7) is 3.19. The summed E-state index contributed by atoms with van der Waals surface area (Å²) in [5, 5.41) is 6.02. The Bertz CT molecular complexity index is 377. The van der Waals surface area contributed by atoms with Crippen molar-refractivity contribution >= 4 is 5.91 Å². The van der Waals surface area contributed by atoms with Crippen LogP contribution in [-0.4, -0.2) is 43.2 Å². The first-order valence-electron chi connectivity index (χ1n) is 5.17. The number of carbonyl (C=O) groups excluding carboxylic acids is 1. The van der Waals surface area contributed by atoms with Crippen LogP contribution in [0.3, 0.4) is 0 Å². The number of amides is 1. The first kappa shape index (κ1) is 11.1. The zero-order valence-electron chi connectivity index (χ0n) is 9.32. The van der Waals surface area contributed by atoms with E-state index in [1.807, 2.05) is 0 Å². The van der Waals surface area contributed by atoms with Crippen molar-refractivity contribution in [1.29, 1.82) is 0 Å². The molecule has 2 N–H and O–H groups in total. The fourth-order valence-electron chi connectivity index (χ4n) is 1.80. The Morgan fingerprint density at radius 3 is 3.12 bits per heavy atom. The Hall–Kier alpha value is -1.40. The van der Waals surface area contributed by atoms with Crippen molar-refractivity contribution in [3.8, 4) is 0 Å². The minimum absolute atomic E-state index is 0.00665. The van der Waals surface area contributed by atoms with E-state index in [2.05, 4.69) is 15.6 Å². The average Bonchev–Trinajstić information content (AvgIpc) is 2.86. The van der Waals surface area contributed by atoms with E-state index in [0.717, 1.165) is 6.54 Å². The molecule has 0 radical (unpaired) electrons. The molecule has 2 rings (SSSR count). The minimum Gasteiger partial charge on any atom is -0.438 e. The Labute approximate surface area is 93.4 Å². The lowest BCUT2D eigenvalue weighted by atomic mass is 10.2. The summed E-state index contributed by atoms with van der Waals surface area (Å²) in [6, 6.07) is -0.0259. The maximum absolute atomic E-state index is 11.8. The molecular formula is C10H15N3O3. The normalized spacial score (nSPS) is 24.6. The number of rotatable bonds is 3. The van der Waals surface area contributed by atoms with Crippen LogP contribution in [0.25, 0.3) is 0 Å². The molecule has 1 fully saturated rings. The Morgan fingerprint density at radius 1 is 1.69 bits per heavy atom. The maximum atomic E-state index is 11.8. The molecule has 1 aromatic rings. The second kappa shape index (κ2) is 4.63. The molecule has 6 heteroatoms. The topological polar surface area (TPSA) is 76.4 Å². The first-order valence-corrected chi connectivity index (χ1v) is 5.17. The van der Waals surface area contributed by atoms with Crippen molar-refractivity contribution < 1.29 is 13.9 Å². The number of ether oxygens (including phenoxy) is 1. The lowest BCUT2D eigenvalue weighted by Crippen LogP contribution is -2.43. The number of aromatic nitrogens is 1. The summed E-state index contributed by atoms with van der Waals surface area (Å²) in [7, 11) is 1.64. The van der Waals surface area contributed by atoms with E-state index >= 15 is 0 Å². The van der Waals surface area contributed by atoms with Gasteiger partial charge in [-0.1, -0.05) is 0 Å². The van der Waals surface area contributed by atoms with Gasteiger partial charge >= 0.3 is 0 Å². The van der Waals surface area contributed by atoms with Gasteiger partial charge in [0.2, 0.25) is 5.76 Å². The fourth-order valence-corrected chi connectivity index (χ4v) is 1.80. The van der Waals surface area contributed by atoms with Gasteiger partial charge < -0.3 is 19.8 Å². The molecule has 1 aliphatic heterocycles. The van der Waals surface area contributed by atoms with Gasteiger partial charge in [-0.25, -0.2) is 4.98 Å². The number of carbonyl (C=O) groups is 1. The minimum atomic E-state index is -0.245. The van der Waals surface area contributed by atoms with Crippen LogP contribution < -0.4 is 10.6 Å². The molecule has 0 aromatic carbocycles. The predicted molar refractivity (Wildman–Crippen MR) is 56.2 cm³/mol. The largest absolute Gasteiger partial charge is 0.438 e. The van der Waals surface area contributed by atoms with E-state index in [1.54, 1.807) is 14.0 Å². The predicted octanol–water partition coefficient (Wildman–Crippen LogP) is -0.300. The number of methoxy groups -OCH3 is 1. The number of oxazole rings is 1. The van der Waals surface area contributed by atoms with Crippen LogP contribution in [0.4, 0.5) is 0 Å². The molecule has 88 valence electrons. The maximum Gasteiger partial charge on any atom is 0.289 e. The third-order valence-electron chi connectivity index (χ3n) is 2.73. The molecule has 1 saturated heterocycles. The third-order valence-corrected chi connectivity index (χ3v) is 2.73. The molecule has 2 atom stereocenters. The Morgan fingerprint density at radius 2 is 2.50 bits per heavy atom. The zero-order valence-corrected chi connectivity index (χ0v) is 9.32. The van der Waals surface area contributed by atoms with Gasteiger partial charge in [-0.2, -0.15) is 0 Å². The summed E-state index contributed by atoms with van der Waals surface area (Å²) in [5.41, 5.74) is 0.595. The van der Waals surface area contributed by atoms with Crippen LogP contribution in [-0.2, 0) is 4.74 Å². The van der Waals surface area contributed by atoms with Gasteiger partial charge in [0.25, 0.3) is 5.91 Å². The van der Waals surface area contributed by atoms with Crippen molar-refractivity contribution in [2.45, 2.75) is 19.1 Å². The van der Waals surface area contributed by atoms with Gasteiger partial charge in [0.05, 0.1) is 17.8 Å². The van der Waals surface area contributed by atoms with Crippen LogP contribution >= 0.6 is 0 Å². The summed E-state index contributed by atoms with van der Waals surface area (Å²) in [4.78, 5) is 15.7. The van der Waals surface area contributed by atoms with Gasteiger partial charge in [0, 0.05) is 20.2 Å². The van der Waals surface area contributed by atoms with E-state index in [4.69, 9.17) is 9.15 Å². The smallest absolute Gasteiger partial charge is 0.289 e. The Balaban J connectivity index is 2.00. The van der Waals surface area contributed by atoms with Crippen LogP contribution in [0, 0.1) is 6.92 Å². The van der Waals surface area contributed by atoms with Crippen molar-refractivity contribution in [3.05, 3.63) is 17.8 Å². The van der Waals surface area contributed by atoms with Crippen molar-refractivity contribution in [2.24, 2.45) is 0 Å². The van der Waals surface area contributed by atoms with Gasteiger partial charge in [0.15, 0.2) is 6.39 Å². The number of nitrogens with zero attached hydrogens (tertiary/aromatic N) is 1. The van der Waals surface area contributed by atoms with Crippen molar-refractivity contribution in [3.63, 3.8) is 0 Å². The third kappa shape index (κ3) is 2.07. The van der Waals surface area contributed by atoms with Crippen LogP contribution in [0.5, 0.6) is 0 Å². The number of hydrogen-bond acceptors (Lipinski definition) is 5. The quantitative estimate of drug-likeness (QED) is 0.738. The molecular weight excluding hydrogens is 210 g/mol. The summed E-state index contributed by atoms with van der Waals surface area (Å²) < 4.78 is 10.3. The van der Waals surface area contributed by atoms with E-state index in [-0.39, 0.29) is 23.8 Å². The molecule has 1 aliphatic rings. The van der Waals surface area contributed by atoms with E-state index in [1.165, 1.54) is 6.39 Å². The molecule has 6 nitrogen and oxygen atoms in total. The summed E-state index contributed by atoms with van der Waals surface area (Å²) in [6.07, 6.45) is 1.28. The fraction of sp³-hybridized carbons (Fsp3) is 0.600. The highest BCUT2D eigenvalue weighted by atomic mass is 16.5. The number of hydrogen-bond donors (Lipinski definition) is 2. The Kier molecular flexibility index (Phi) is 3.21.